The molecule has 5 nitrogen and oxygen atoms in total. The van der Waals surface area contributed by atoms with Crippen LogP contribution in [0, 0.1) is 0 Å². The minimum atomic E-state index is 0.498. The summed E-state index contributed by atoms with van der Waals surface area (Å²) in [7, 11) is 0. The number of nitrogens with zero attached hydrogens (tertiary/aromatic N) is 4. The molecule has 0 unspecified atom stereocenters. The van der Waals surface area contributed by atoms with Gasteiger partial charge in [-0.2, -0.15) is 9.78 Å². The van der Waals surface area contributed by atoms with Gasteiger partial charge in [-0.15, -0.1) is 11.8 Å². The maximum atomic E-state index is 5.81. The highest BCUT2D eigenvalue weighted by molar-refractivity contribution is 7.99. The van der Waals surface area contributed by atoms with Crippen molar-refractivity contribution < 1.29 is 0 Å². The van der Waals surface area contributed by atoms with E-state index in [2.05, 4.69) is 22.0 Å². The lowest BCUT2D eigenvalue weighted by molar-refractivity contribution is 0.787. The Labute approximate surface area is 91.7 Å². The zero-order valence-corrected chi connectivity index (χ0v) is 9.11. The van der Waals surface area contributed by atoms with Crippen LogP contribution in [0.5, 0.6) is 0 Å². The lowest BCUT2D eigenvalue weighted by atomic mass is 10.6. The Kier molecular flexibility index (Phi) is 2.86. The summed E-state index contributed by atoms with van der Waals surface area (Å²) in [6.45, 7) is 2.07. The van der Waals surface area contributed by atoms with Gasteiger partial charge in [0.05, 0.1) is 0 Å². The second-order valence-corrected chi connectivity index (χ2v) is 4.09. The van der Waals surface area contributed by atoms with Gasteiger partial charge in [0, 0.05) is 18.5 Å². The molecule has 0 aliphatic rings. The lowest BCUT2D eigenvalue weighted by Gasteiger charge is -1.99. The van der Waals surface area contributed by atoms with Gasteiger partial charge in [0.15, 0.2) is 0 Å². The van der Waals surface area contributed by atoms with Gasteiger partial charge in [-0.1, -0.05) is 6.92 Å². The van der Waals surface area contributed by atoms with Crippen molar-refractivity contribution in [2.75, 3.05) is 11.5 Å². The highest BCUT2D eigenvalue weighted by atomic mass is 32.2. The SMILES string of the molecule is CCSc1cc(N)n(-c2ncccn2)n1. The van der Waals surface area contributed by atoms with Crippen molar-refractivity contribution in [2.45, 2.75) is 11.9 Å². The van der Waals surface area contributed by atoms with E-state index in [1.165, 1.54) is 4.68 Å². The van der Waals surface area contributed by atoms with Crippen molar-refractivity contribution in [1.82, 2.24) is 19.7 Å². The van der Waals surface area contributed by atoms with E-state index < -0.39 is 0 Å². The van der Waals surface area contributed by atoms with Gasteiger partial charge < -0.3 is 5.73 Å². The van der Waals surface area contributed by atoms with Crippen LogP contribution in [-0.2, 0) is 0 Å². The summed E-state index contributed by atoms with van der Waals surface area (Å²) >= 11 is 1.64. The van der Waals surface area contributed by atoms with Gasteiger partial charge in [-0.3, -0.25) is 0 Å². The molecule has 0 aliphatic carbocycles. The number of nitrogens with two attached hydrogens (primary N) is 1. The standard InChI is InChI=1S/C9H11N5S/c1-2-15-8-6-7(10)14(13-8)9-11-4-3-5-12-9/h3-6H,2,10H2,1H3. The van der Waals surface area contributed by atoms with E-state index >= 15 is 0 Å². The fourth-order valence-corrected chi connectivity index (χ4v) is 1.79. The molecule has 0 radical (unpaired) electrons. The molecule has 0 spiro atoms. The average Bonchev–Trinajstić information content (AvgIpc) is 2.61. The molecule has 2 aromatic heterocycles. The largest absolute Gasteiger partial charge is 0.383 e. The molecule has 0 aromatic carbocycles. The van der Waals surface area contributed by atoms with Crippen LogP contribution in [0.1, 0.15) is 6.92 Å². The predicted molar refractivity (Wildman–Crippen MR) is 60.0 cm³/mol. The molecule has 2 heterocycles. The minimum absolute atomic E-state index is 0.498. The summed E-state index contributed by atoms with van der Waals surface area (Å²) in [5, 5.41) is 5.19. The van der Waals surface area contributed by atoms with Crippen molar-refractivity contribution >= 4 is 17.6 Å². The monoisotopic (exact) mass is 221 g/mol. The highest BCUT2D eigenvalue weighted by Crippen LogP contribution is 2.19. The highest BCUT2D eigenvalue weighted by Gasteiger charge is 2.07. The van der Waals surface area contributed by atoms with Gasteiger partial charge in [-0.25, -0.2) is 9.97 Å². The molecule has 0 amide bonds. The summed E-state index contributed by atoms with van der Waals surface area (Å²) in [5.41, 5.74) is 5.81. The second kappa shape index (κ2) is 4.31. The second-order valence-electron chi connectivity index (χ2n) is 2.80. The molecule has 0 saturated carbocycles. The Hall–Kier alpha value is -1.56. The maximum Gasteiger partial charge on any atom is 0.252 e. The summed E-state index contributed by atoms with van der Waals surface area (Å²) in [6.07, 6.45) is 3.33. The topological polar surface area (TPSA) is 69.6 Å². The molecular formula is C9H11N5S. The number of thioether (sulfide) groups is 1. The van der Waals surface area contributed by atoms with Crippen LogP contribution in [0.3, 0.4) is 0 Å². The fraction of sp³-hybridized carbons (Fsp3) is 0.222. The van der Waals surface area contributed by atoms with Gasteiger partial charge in [0.25, 0.3) is 5.95 Å². The predicted octanol–water partition coefficient (Wildman–Crippen LogP) is 1.36. The van der Waals surface area contributed by atoms with Crippen molar-refractivity contribution in [3.63, 3.8) is 0 Å². The molecule has 78 valence electrons. The van der Waals surface area contributed by atoms with Gasteiger partial charge in [0.1, 0.15) is 10.8 Å². The molecule has 0 saturated heterocycles. The van der Waals surface area contributed by atoms with Crippen LogP contribution in [-0.4, -0.2) is 25.5 Å². The van der Waals surface area contributed by atoms with Gasteiger partial charge in [-0.05, 0) is 11.8 Å². The molecule has 0 fully saturated rings. The van der Waals surface area contributed by atoms with Gasteiger partial charge >= 0.3 is 0 Å². The summed E-state index contributed by atoms with van der Waals surface area (Å²) < 4.78 is 1.54. The Morgan fingerprint density at radius 3 is 2.80 bits per heavy atom. The van der Waals surface area contributed by atoms with E-state index in [0.29, 0.717) is 11.8 Å². The first-order valence-corrected chi connectivity index (χ1v) is 5.55. The molecule has 2 N–H and O–H groups in total. The van der Waals surface area contributed by atoms with Crippen LogP contribution < -0.4 is 5.73 Å². The van der Waals surface area contributed by atoms with E-state index in [1.807, 2.05) is 6.07 Å². The zero-order chi connectivity index (χ0) is 10.7. The van der Waals surface area contributed by atoms with Crippen LogP contribution in [0.15, 0.2) is 29.6 Å². The molecule has 2 aromatic rings. The quantitative estimate of drug-likeness (QED) is 0.792. The smallest absolute Gasteiger partial charge is 0.252 e. The zero-order valence-electron chi connectivity index (χ0n) is 8.29. The number of hydrogen-bond acceptors (Lipinski definition) is 5. The van der Waals surface area contributed by atoms with Crippen molar-refractivity contribution in [1.29, 1.82) is 0 Å². The first-order valence-electron chi connectivity index (χ1n) is 4.57. The van der Waals surface area contributed by atoms with Crippen molar-refractivity contribution in [3.05, 3.63) is 24.5 Å². The molecule has 2 rings (SSSR count). The lowest BCUT2D eigenvalue weighted by Crippen LogP contribution is -2.05. The van der Waals surface area contributed by atoms with Crippen LogP contribution in [0.4, 0.5) is 5.82 Å². The Bertz CT molecular complexity index is 439. The van der Waals surface area contributed by atoms with E-state index in [9.17, 15) is 0 Å². The van der Waals surface area contributed by atoms with Crippen LogP contribution >= 0.6 is 11.8 Å². The number of anilines is 1. The minimum Gasteiger partial charge on any atom is -0.383 e. The third-order valence-electron chi connectivity index (χ3n) is 1.75. The molecule has 6 heteroatoms. The molecule has 0 bridgehead atoms. The summed E-state index contributed by atoms with van der Waals surface area (Å²) in [4.78, 5) is 8.17. The van der Waals surface area contributed by atoms with E-state index in [4.69, 9.17) is 5.73 Å². The number of hydrogen-bond donors (Lipinski definition) is 1. The number of rotatable bonds is 3. The molecule has 0 aliphatic heterocycles. The molecule has 0 atom stereocenters. The van der Waals surface area contributed by atoms with E-state index in [1.54, 1.807) is 30.2 Å². The van der Waals surface area contributed by atoms with Crippen LogP contribution in [0.25, 0.3) is 5.95 Å². The third kappa shape index (κ3) is 2.10. The fourth-order valence-electron chi connectivity index (χ4n) is 1.15. The summed E-state index contributed by atoms with van der Waals surface area (Å²) in [6, 6.07) is 3.58. The van der Waals surface area contributed by atoms with Crippen molar-refractivity contribution in [2.24, 2.45) is 0 Å². The normalized spacial score (nSPS) is 10.5. The Balaban J connectivity index is 2.36. The van der Waals surface area contributed by atoms with E-state index in [-0.39, 0.29) is 0 Å². The van der Waals surface area contributed by atoms with E-state index in [0.717, 1.165) is 10.8 Å². The number of aromatic nitrogens is 4. The average molecular weight is 221 g/mol. The first kappa shape index (κ1) is 9.97. The maximum absolute atomic E-state index is 5.81. The van der Waals surface area contributed by atoms with Crippen molar-refractivity contribution in [3.8, 4) is 5.95 Å². The Morgan fingerprint density at radius 1 is 1.40 bits per heavy atom. The number of nitrogen functional groups attached to an aromatic ring is 1. The molecule has 15 heavy (non-hydrogen) atoms. The van der Waals surface area contributed by atoms with Crippen LogP contribution in [0.2, 0.25) is 0 Å². The summed E-state index contributed by atoms with van der Waals surface area (Å²) in [5.74, 6) is 2.02. The Morgan fingerprint density at radius 2 is 2.13 bits per heavy atom. The third-order valence-corrected chi connectivity index (χ3v) is 2.53. The first-order chi connectivity index (χ1) is 7.31. The molecular weight excluding hydrogens is 210 g/mol. The van der Waals surface area contributed by atoms with Gasteiger partial charge in [0.2, 0.25) is 0 Å².